The minimum atomic E-state index is -4.21. The lowest BCUT2D eigenvalue weighted by atomic mass is 10.0. The fraction of sp³-hybridized carbons (Fsp3) is 0.257. The van der Waals surface area contributed by atoms with Gasteiger partial charge in [-0.3, -0.25) is 13.9 Å². The predicted molar refractivity (Wildman–Crippen MR) is 178 cm³/mol. The number of ether oxygens (including phenoxy) is 1. The van der Waals surface area contributed by atoms with Gasteiger partial charge in [0.25, 0.3) is 10.0 Å². The van der Waals surface area contributed by atoms with E-state index in [1.807, 2.05) is 57.2 Å². The Morgan fingerprint density at radius 2 is 1.47 bits per heavy atom. The standard InChI is InChI=1S/C35H38ClN3O5S/c1-4-44-31-18-20-32(21-19-31)45(42,43)39(30-16-9-6-10-17-30)25-34(40)38(24-28-14-11-15-29(36)22-28)33(35(41)37-26(2)3)23-27-12-7-5-8-13-27/h5-22,26,33H,4,23-25H2,1-3H3,(H,37,41)/t33-/m0/s1. The van der Waals surface area contributed by atoms with Crippen molar-refractivity contribution >= 4 is 39.1 Å². The molecule has 1 N–H and O–H groups in total. The van der Waals surface area contributed by atoms with Gasteiger partial charge < -0.3 is 15.0 Å². The van der Waals surface area contributed by atoms with Crippen LogP contribution in [0.5, 0.6) is 5.75 Å². The Labute approximate surface area is 270 Å². The molecule has 0 aliphatic heterocycles. The number of hydrogen-bond donors (Lipinski definition) is 1. The van der Waals surface area contributed by atoms with E-state index < -0.39 is 28.5 Å². The largest absolute Gasteiger partial charge is 0.494 e. The molecule has 8 nitrogen and oxygen atoms in total. The van der Waals surface area contributed by atoms with Crippen LogP contribution in [0.2, 0.25) is 5.02 Å². The Hall–Kier alpha value is -4.34. The zero-order valence-corrected chi connectivity index (χ0v) is 27.2. The van der Waals surface area contributed by atoms with Crippen molar-refractivity contribution in [2.24, 2.45) is 0 Å². The SMILES string of the molecule is CCOc1ccc(S(=O)(=O)N(CC(=O)N(Cc2cccc(Cl)c2)[C@@H](Cc2ccccc2)C(=O)NC(C)C)c2ccccc2)cc1. The second-order valence-electron chi connectivity index (χ2n) is 10.8. The van der Waals surface area contributed by atoms with Gasteiger partial charge >= 0.3 is 0 Å². The summed E-state index contributed by atoms with van der Waals surface area (Å²) in [5, 5.41) is 3.43. The van der Waals surface area contributed by atoms with Gasteiger partial charge in [0.05, 0.1) is 17.2 Å². The van der Waals surface area contributed by atoms with Crippen molar-refractivity contribution in [1.82, 2.24) is 10.2 Å². The van der Waals surface area contributed by atoms with E-state index in [0.717, 1.165) is 9.87 Å². The van der Waals surface area contributed by atoms with Crippen LogP contribution in [0, 0.1) is 0 Å². The summed E-state index contributed by atoms with van der Waals surface area (Å²) < 4.78 is 34.8. The number of carbonyl (C=O) groups excluding carboxylic acids is 2. The Bertz CT molecular complexity index is 1670. The summed E-state index contributed by atoms with van der Waals surface area (Å²) in [4.78, 5) is 29.6. The van der Waals surface area contributed by atoms with Crippen LogP contribution < -0.4 is 14.4 Å². The van der Waals surface area contributed by atoms with Crippen molar-refractivity contribution in [2.75, 3.05) is 17.5 Å². The van der Waals surface area contributed by atoms with E-state index in [2.05, 4.69) is 5.32 Å². The summed E-state index contributed by atoms with van der Waals surface area (Å²) in [5.41, 5.74) is 1.87. The van der Waals surface area contributed by atoms with E-state index in [1.165, 1.54) is 17.0 Å². The summed E-state index contributed by atoms with van der Waals surface area (Å²) in [6.07, 6.45) is 0.225. The molecule has 0 aromatic heterocycles. The Balaban J connectivity index is 1.78. The Morgan fingerprint density at radius 3 is 2.07 bits per heavy atom. The normalized spacial score (nSPS) is 11.9. The van der Waals surface area contributed by atoms with Crippen LogP contribution in [-0.4, -0.2) is 50.4 Å². The van der Waals surface area contributed by atoms with Gasteiger partial charge in [-0.25, -0.2) is 8.42 Å². The lowest BCUT2D eigenvalue weighted by Gasteiger charge is -2.34. The Kier molecular flexibility index (Phi) is 11.6. The molecule has 0 saturated carbocycles. The summed E-state index contributed by atoms with van der Waals surface area (Å²) in [7, 11) is -4.21. The van der Waals surface area contributed by atoms with Gasteiger partial charge in [-0.05, 0) is 80.4 Å². The molecule has 236 valence electrons. The number of nitrogens with one attached hydrogen (secondary N) is 1. The molecule has 2 amide bonds. The maximum Gasteiger partial charge on any atom is 0.264 e. The third-order valence-electron chi connectivity index (χ3n) is 6.99. The smallest absolute Gasteiger partial charge is 0.264 e. The Morgan fingerprint density at radius 1 is 0.844 bits per heavy atom. The van der Waals surface area contributed by atoms with Gasteiger partial charge in [-0.15, -0.1) is 0 Å². The van der Waals surface area contributed by atoms with Gasteiger partial charge in [0.2, 0.25) is 11.8 Å². The third-order valence-corrected chi connectivity index (χ3v) is 9.01. The molecule has 0 heterocycles. The number of amides is 2. The minimum absolute atomic E-state index is 0.00221. The summed E-state index contributed by atoms with van der Waals surface area (Å²) in [6, 6.07) is 29.9. The third kappa shape index (κ3) is 9.09. The molecule has 45 heavy (non-hydrogen) atoms. The van der Waals surface area contributed by atoms with E-state index in [0.29, 0.717) is 28.6 Å². The molecule has 0 spiro atoms. The molecule has 4 rings (SSSR count). The van der Waals surface area contributed by atoms with Crippen LogP contribution >= 0.6 is 11.6 Å². The molecule has 0 saturated heterocycles. The first-order chi connectivity index (χ1) is 21.6. The fourth-order valence-corrected chi connectivity index (χ4v) is 6.52. The van der Waals surface area contributed by atoms with Gasteiger partial charge in [-0.1, -0.05) is 72.3 Å². The molecule has 10 heteroatoms. The van der Waals surface area contributed by atoms with Crippen LogP contribution in [0.1, 0.15) is 31.9 Å². The molecular weight excluding hydrogens is 610 g/mol. The molecule has 0 aliphatic carbocycles. The first-order valence-electron chi connectivity index (χ1n) is 14.8. The maximum absolute atomic E-state index is 14.4. The molecule has 0 unspecified atom stereocenters. The summed E-state index contributed by atoms with van der Waals surface area (Å²) in [5.74, 6) is -0.357. The van der Waals surface area contributed by atoms with Gasteiger partial charge in [-0.2, -0.15) is 0 Å². The molecular formula is C35H38ClN3O5S. The number of anilines is 1. The highest BCUT2D eigenvalue weighted by molar-refractivity contribution is 7.92. The molecule has 4 aromatic carbocycles. The van der Waals surface area contributed by atoms with Crippen LogP contribution in [-0.2, 0) is 32.6 Å². The molecule has 0 bridgehead atoms. The number of hydrogen-bond acceptors (Lipinski definition) is 5. The van der Waals surface area contributed by atoms with Gasteiger partial charge in [0, 0.05) is 24.0 Å². The van der Waals surface area contributed by atoms with Crippen molar-refractivity contribution in [1.29, 1.82) is 0 Å². The van der Waals surface area contributed by atoms with Crippen molar-refractivity contribution in [3.63, 3.8) is 0 Å². The quantitative estimate of drug-likeness (QED) is 0.179. The van der Waals surface area contributed by atoms with Crippen LogP contribution in [0.4, 0.5) is 5.69 Å². The second-order valence-corrected chi connectivity index (χ2v) is 13.1. The highest BCUT2D eigenvalue weighted by atomic mass is 35.5. The monoisotopic (exact) mass is 647 g/mol. The average molecular weight is 648 g/mol. The average Bonchev–Trinajstić information content (AvgIpc) is 3.02. The van der Waals surface area contributed by atoms with E-state index in [-0.39, 0.29) is 29.8 Å². The number of nitrogens with zero attached hydrogens (tertiary/aromatic N) is 2. The minimum Gasteiger partial charge on any atom is -0.494 e. The zero-order chi connectivity index (χ0) is 32.4. The fourth-order valence-electron chi connectivity index (χ4n) is 4.89. The lowest BCUT2D eigenvalue weighted by Crippen LogP contribution is -2.54. The first-order valence-corrected chi connectivity index (χ1v) is 16.6. The zero-order valence-electron chi connectivity index (χ0n) is 25.6. The van der Waals surface area contributed by atoms with Crippen LogP contribution in [0.15, 0.2) is 114 Å². The molecule has 0 aliphatic rings. The second kappa shape index (κ2) is 15.6. The number of halogens is 1. The highest BCUT2D eigenvalue weighted by Crippen LogP contribution is 2.26. The van der Waals surface area contributed by atoms with E-state index in [9.17, 15) is 18.0 Å². The van der Waals surface area contributed by atoms with E-state index in [1.54, 1.807) is 60.7 Å². The van der Waals surface area contributed by atoms with Crippen LogP contribution in [0.3, 0.4) is 0 Å². The number of sulfonamides is 1. The number of benzene rings is 4. The van der Waals surface area contributed by atoms with Crippen molar-refractivity contribution in [3.8, 4) is 5.75 Å². The highest BCUT2D eigenvalue weighted by Gasteiger charge is 2.34. The van der Waals surface area contributed by atoms with Crippen molar-refractivity contribution in [3.05, 3.63) is 125 Å². The first kappa shape index (κ1) is 33.6. The van der Waals surface area contributed by atoms with Crippen molar-refractivity contribution < 1.29 is 22.7 Å². The van der Waals surface area contributed by atoms with Crippen LogP contribution in [0.25, 0.3) is 0 Å². The molecule has 0 fully saturated rings. The van der Waals surface area contributed by atoms with Gasteiger partial charge in [0.1, 0.15) is 18.3 Å². The number of para-hydroxylation sites is 1. The van der Waals surface area contributed by atoms with Crippen molar-refractivity contribution in [2.45, 2.75) is 50.7 Å². The number of carbonyl (C=O) groups is 2. The lowest BCUT2D eigenvalue weighted by molar-refractivity contribution is -0.140. The number of rotatable bonds is 14. The molecule has 0 radical (unpaired) electrons. The van der Waals surface area contributed by atoms with E-state index >= 15 is 0 Å². The van der Waals surface area contributed by atoms with E-state index in [4.69, 9.17) is 16.3 Å². The van der Waals surface area contributed by atoms with Gasteiger partial charge in [0.15, 0.2) is 0 Å². The topological polar surface area (TPSA) is 96.0 Å². The molecule has 1 atom stereocenters. The summed E-state index contributed by atoms with van der Waals surface area (Å²) >= 11 is 6.29. The predicted octanol–water partition coefficient (Wildman–Crippen LogP) is 6.10. The summed E-state index contributed by atoms with van der Waals surface area (Å²) in [6.45, 7) is 5.47. The maximum atomic E-state index is 14.4. The molecule has 4 aromatic rings.